The molecule has 0 aliphatic carbocycles. The molecule has 0 unspecified atom stereocenters. The number of carbonyl (C=O) groups excluding carboxylic acids is 2. The number of benzene rings is 3. The number of rotatable bonds is 6. The summed E-state index contributed by atoms with van der Waals surface area (Å²) in [6.07, 6.45) is 0. The highest BCUT2D eigenvalue weighted by atomic mass is 16.5. The third kappa shape index (κ3) is 4.83. The third-order valence-corrected chi connectivity index (χ3v) is 5.34. The van der Waals surface area contributed by atoms with Gasteiger partial charge in [0.05, 0.1) is 18.4 Å². The third-order valence-electron chi connectivity index (χ3n) is 5.34. The van der Waals surface area contributed by atoms with Crippen molar-refractivity contribution in [3.05, 3.63) is 88.8 Å². The van der Waals surface area contributed by atoms with Gasteiger partial charge in [0, 0.05) is 28.6 Å². The topological polar surface area (TPSA) is 97.6 Å². The number of ether oxygens (including phenoxy) is 1. The van der Waals surface area contributed by atoms with Crippen LogP contribution in [0.15, 0.2) is 82.0 Å². The molecule has 2 N–H and O–H groups in total. The molecular formula is C27H24N2O5. The van der Waals surface area contributed by atoms with Crippen LogP contribution in [0.1, 0.15) is 24.2 Å². The van der Waals surface area contributed by atoms with Crippen LogP contribution in [0.2, 0.25) is 0 Å². The standard InChI is InChI=1S/C27H24N2O5/c1-16(2)25(30)29-22-13-12-20(15-24(22)33-3)28-26(31)18-10-8-17(9-11-18)21-14-19-6-4-5-7-23(19)34-27(21)32/h4-16H,1-3H3,(H,28,31)(H,29,30). The molecule has 4 aromatic rings. The van der Waals surface area contributed by atoms with E-state index in [4.69, 9.17) is 9.15 Å². The minimum absolute atomic E-state index is 0.129. The maximum atomic E-state index is 12.8. The van der Waals surface area contributed by atoms with Gasteiger partial charge < -0.3 is 19.8 Å². The van der Waals surface area contributed by atoms with Gasteiger partial charge in [-0.3, -0.25) is 9.59 Å². The molecule has 34 heavy (non-hydrogen) atoms. The summed E-state index contributed by atoms with van der Waals surface area (Å²) in [5.74, 6) is -0.188. The summed E-state index contributed by atoms with van der Waals surface area (Å²) >= 11 is 0. The zero-order valence-electron chi connectivity index (χ0n) is 19.0. The van der Waals surface area contributed by atoms with E-state index in [0.717, 1.165) is 5.39 Å². The van der Waals surface area contributed by atoms with Gasteiger partial charge in [-0.1, -0.05) is 44.2 Å². The monoisotopic (exact) mass is 456 g/mol. The van der Waals surface area contributed by atoms with Gasteiger partial charge in [0.2, 0.25) is 5.91 Å². The molecule has 172 valence electrons. The van der Waals surface area contributed by atoms with Crippen molar-refractivity contribution < 1.29 is 18.7 Å². The number of fused-ring (bicyclic) bond motifs is 1. The number of hydrogen-bond donors (Lipinski definition) is 2. The zero-order chi connectivity index (χ0) is 24.2. The summed E-state index contributed by atoms with van der Waals surface area (Å²) in [4.78, 5) is 37.1. The number of methoxy groups -OCH3 is 1. The van der Waals surface area contributed by atoms with Crippen LogP contribution in [-0.4, -0.2) is 18.9 Å². The van der Waals surface area contributed by atoms with Gasteiger partial charge in [-0.05, 0) is 42.0 Å². The average Bonchev–Trinajstić information content (AvgIpc) is 2.84. The van der Waals surface area contributed by atoms with E-state index in [1.54, 1.807) is 68.4 Å². The highest BCUT2D eigenvalue weighted by Gasteiger charge is 2.14. The van der Waals surface area contributed by atoms with Crippen molar-refractivity contribution in [3.8, 4) is 16.9 Å². The Labute approximate surface area is 196 Å². The van der Waals surface area contributed by atoms with E-state index >= 15 is 0 Å². The van der Waals surface area contributed by atoms with Gasteiger partial charge in [0.15, 0.2) is 0 Å². The summed E-state index contributed by atoms with van der Waals surface area (Å²) in [7, 11) is 1.49. The van der Waals surface area contributed by atoms with Gasteiger partial charge >= 0.3 is 5.63 Å². The maximum Gasteiger partial charge on any atom is 0.344 e. The second kappa shape index (κ2) is 9.62. The van der Waals surface area contributed by atoms with Crippen molar-refractivity contribution in [3.63, 3.8) is 0 Å². The van der Waals surface area contributed by atoms with Crippen LogP contribution in [0.25, 0.3) is 22.1 Å². The van der Waals surface area contributed by atoms with Crippen LogP contribution in [0.3, 0.4) is 0 Å². The molecule has 1 aromatic heterocycles. The molecule has 3 aromatic carbocycles. The van der Waals surface area contributed by atoms with E-state index in [2.05, 4.69) is 10.6 Å². The molecule has 0 bridgehead atoms. The first kappa shape index (κ1) is 22.8. The van der Waals surface area contributed by atoms with Crippen molar-refractivity contribution in [2.45, 2.75) is 13.8 Å². The summed E-state index contributed by atoms with van der Waals surface area (Å²) in [6.45, 7) is 3.60. The number of carbonyl (C=O) groups is 2. The Balaban J connectivity index is 1.52. The second-order valence-corrected chi connectivity index (χ2v) is 8.08. The van der Waals surface area contributed by atoms with E-state index in [9.17, 15) is 14.4 Å². The Morgan fingerprint density at radius 1 is 0.912 bits per heavy atom. The van der Waals surface area contributed by atoms with Gasteiger partial charge in [-0.25, -0.2) is 4.79 Å². The quantitative estimate of drug-likeness (QED) is 0.383. The molecule has 0 aliphatic rings. The molecule has 0 saturated heterocycles. The summed E-state index contributed by atoms with van der Waals surface area (Å²) < 4.78 is 10.8. The Hall–Kier alpha value is -4.39. The van der Waals surface area contributed by atoms with Gasteiger partial charge in [0.25, 0.3) is 5.91 Å². The lowest BCUT2D eigenvalue weighted by atomic mass is 10.0. The van der Waals surface area contributed by atoms with Gasteiger partial charge in [-0.2, -0.15) is 0 Å². The fourth-order valence-corrected chi connectivity index (χ4v) is 3.42. The Morgan fingerprint density at radius 3 is 2.35 bits per heavy atom. The molecule has 0 spiro atoms. The van der Waals surface area contributed by atoms with E-state index < -0.39 is 5.63 Å². The number of amides is 2. The normalized spacial score (nSPS) is 10.8. The van der Waals surface area contributed by atoms with Crippen LogP contribution < -0.4 is 21.0 Å². The van der Waals surface area contributed by atoms with Crippen LogP contribution in [0.5, 0.6) is 5.75 Å². The first-order valence-electron chi connectivity index (χ1n) is 10.8. The van der Waals surface area contributed by atoms with Crippen LogP contribution in [0, 0.1) is 5.92 Å². The smallest absolute Gasteiger partial charge is 0.344 e. The van der Waals surface area contributed by atoms with Crippen LogP contribution in [0.4, 0.5) is 11.4 Å². The number of para-hydroxylation sites is 1. The largest absolute Gasteiger partial charge is 0.494 e. The molecule has 4 rings (SSSR count). The predicted octanol–water partition coefficient (Wildman–Crippen LogP) is 5.32. The molecule has 0 fully saturated rings. The van der Waals surface area contributed by atoms with Gasteiger partial charge in [0.1, 0.15) is 11.3 Å². The van der Waals surface area contributed by atoms with Crippen molar-refractivity contribution in [1.29, 1.82) is 0 Å². The predicted molar refractivity (Wildman–Crippen MR) is 132 cm³/mol. The van der Waals surface area contributed by atoms with Crippen LogP contribution in [-0.2, 0) is 4.79 Å². The number of hydrogen-bond acceptors (Lipinski definition) is 5. The van der Waals surface area contributed by atoms with E-state index in [1.165, 1.54) is 7.11 Å². The SMILES string of the molecule is COc1cc(NC(=O)c2ccc(-c3cc4ccccc4oc3=O)cc2)ccc1NC(=O)C(C)C. The van der Waals surface area contributed by atoms with E-state index in [0.29, 0.717) is 39.4 Å². The highest BCUT2D eigenvalue weighted by molar-refractivity contribution is 6.05. The molecule has 0 saturated carbocycles. The second-order valence-electron chi connectivity index (χ2n) is 8.08. The Kier molecular flexibility index (Phi) is 6.45. The average molecular weight is 456 g/mol. The molecule has 0 atom stereocenters. The Morgan fingerprint density at radius 2 is 1.65 bits per heavy atom. The van der Waals surface area contributed by atoms with E-state index in [-0.39, 0.29) is 17.7 Å². The molecule has 0 radical (unpaired) electrons. The van der Waals surface area contributed by atoms with Gasteiger partial charge in [-0.15, -0.1) is 0 Å². The number of anilines is 2. The van der Waals surface area contributed by atoms with Crippen molar-refractivity contribution in [2.75, 3.05) is 17.7 Å². The maximum absolute atomic E-state index is 12.8. The molecular weight excluding hydrogens is 432 g/mol. The first-order chi connectivity index (χ1) is 16.4. The Bertz CT molecular complexity index is 1420. The zero-order valence-corrected chi connectivity index (χ0v) is 19.0. The van der Waals surface area contributed by atoms with Crippen molar-refractivity contribution in [1.82, 2.24) is 0 Å². The van der Waals surface area contributed by atoms with E-state index in [1.807, 2.05) is 18.2 Å². The van der Waals surface area contributed by atoms with Crippen molar-refractivity contribution in [2.24, 2.45) is 5.92 Å². The van der Waals surface area contributed by atoms with Crippen molar-refractivity contribution >= 4 is 34.2 Å². The highest BCUT2D eigenvalue weighted by Crippen LogP contribution is 2.29. The molecule has 0 aliphatic heterocycles. The lowest BCUT2D eigenvalue weighted by molar-refractivity contribution is -0.118. The summed E-state index contributed by atoms with van der Waals surface area (Å²) in [5, 5.41) is 6.44. The number of nitrogens with one attached hydrogen (secondary N) is 2. The fraction of sp³-hybridized carbons (Fsp3) is 0.148. The summed E-state index contributed by atoms with van der Waals surface area (Å²) in [5.41, 5.74) is 2.63. The lowest BCUT2D eigenvalue weighted by Crippen LogP contribution is -2.18. The molecule has 1 heterocycles. The van der Waals surface area contributed by atoms with Crippen LogP contribution >= 0.6 is 0 Å². The minimum atomic E-state index is -0.437. The molecule has 7 heteroatoms. The molecule has 2 amide bonds. The first-order valence-corrected chi connectivity index (χ1v) is 10.8. The lowest BCUT2D eigenvalue weighted by Gasteiger charge is -2.14. The fourth-order valence-electron chi connectivity index (χ4n) is 3.42. The summed E-state index contributed by atoms with van der Waals surface area (Å²) in [6, 6.07) is 20.8. The minimum Gasteiger partial charge on any atom is -0.494 e. The molecule has 7 nitrogen and oxygen atoms in total.